The van der Waals surface area contributed by atoms with Gasteiger partial charge in [0.2, 0.25) is 0 Å². The van der Waals surface area contributed by atoms with Crippen LogP contribution in [0.2, 0.25) is 0 Å². The Bertz CT molecular complexity index is 298. The highest BCUT2D eigenvalue weighted by Crippen LogP contribution is 2.24. The van der Waals surface area contributed by atoms with E-state index in [2.05, 4.69) is 21.3 Å². The molecule has 0 saturated heterocycles. The lowest BCUT2D eigenvalue weighted by Gasteiger charge is -2.30. The van der Waals surface area contributed by atoms with Gasteiger partial charge in [-0.1, -0.05) is 0 Å². The molecule has 0 aromatic carbocycles. The van der Waals surface area contributed by atoms with Gasteiger partial charge in [0.15, 0.2) is 0 Å². The molecular formula is C11H17N3. The zero-order valence-electron chi connectivity index (χ0n) is 8.66. The van der Waals surface area contributed by atoms with Gasteiger partial charge in [-0.15, -0.1) is 0 Å². The molecule has 0 atom stereocenters. The Kier molecular flexibility index (Phi) is 2.99. The summed E-state index contributed by atoms with van der Waals surface area (Å²) < 4.78 is 0. The van der Waals surface area contributed by atoms with Crippen molar-refractivity contribution < 1.29 is 0 Å². The quantitative estimate of drug-likeness (QED) is 0.774. The highest BCUT2D eigenvalue weighted by Gasteiger charge is 2.15. The van der Waals surface area contributed by atoms with Crippen molar-refractivity contribution in [3.63, 3.8) is 0 Å². The van der Waals surface area contributed by atoms with Crippen molar-refractivity contribution in [3.8, 4) is 0 Å². The summed E-state index contributed by atoms with van der Waals surface area (Å²) in [4.78, 5) is 6.61. The number of fused-ring (bicyclic) bond motifs is 1. The molecule has 1 aliphatic heterocycles. The molecule has 0 radical (unpaired) electrons. The van der Waals surface area contributed by atoms with Gasteiger partial charge in [0.05, 0.1) is 11.9 Å². The summed E-state index contributed by atoms with van der Waals surface area (Å²) in [6.07, 6.45) is 6.35. The third-order valence-corrected chi connectivity index (χ3v) is 2.73. The monoisotopic (exact) mass is 191 g/mol. The van der Waals surface area contributed by atoms with Crippen molar-refractivity contribution in [2.24, 2.45) is 0 Å². The molecule has 0 fully saturated rings. The molecule has 3 nitrogen and oxygen atoms in total. The summed E-state index contributed by atoms with van der Waals surface area (Å²) in [5.74, 6) is 0. The molecule has 0 spiro atoms. The van der Waals surface area contributed by atoms with E-state index in [0.717, 1.165) is 13.1 Å². The van der Waals surface area contributed by atoms with Crippen LogP contribution in [-0.2, 0) is 6.42 Å². The van der Waals surface area contributed by atoms with Gasteiger partial charge in [0.25, 0.3) is 0 Å². The van der Waals surface area contributed by atoms with E-state index in [-0.39, 0.29) is 0 Å². The summed E-state index contributed by atoms with van der Waals surface area (Å²) in [7, 11) is 1.99. The molecule has 1 aliphatic rings. The molecule has 0 saturated carbocycles. The van der Waals surface area contributed by atoms with Crippen molar-refractivity contribution in [3.05, 3.63) is 24.0 Å². The minimum Gasteiger partial charge on any atom is -0.369 e. The molecule has 1 aromatic heterocycles. The van der Waals surface area contributed by atoms with Crippen LogP contribution in [-0.4, -0.2) is 31.7 Å². The van der Waals surface area contributed by atoms with Crippen molar-refractivity contribution in [2.45, 2.75) is 12.8 Å². The van der Waals surface area contributed by atoms with Gasteiger partial charge >= 0.3 is 0 Å². The number of aryl methyl sites for hydroxylation is 1. The van der Waals surface area contributed by atoms with Crippen LogP contribution >= 0.6 is 0 Å². The van der Waals surface area contributed by atoms with E-state index in [1.54, 1.807) is 0 Å². The molecule has 0 amide bonds. The molecule has 3 heteroatoms. The number of hydrogen-bond donors (Lipinski definition) is 1. The molecule has 1 N–H and O–H groups in total. The number of pyridine rings is 1. The molecule has 76 valence electrons. The van der Waals surface area contributed by atoms with E-state index in [1.165, 1.54) is 30.6 Å². The smallest absolute Gasteiger partial charge is 0.0585 e. The Labute approximate surface area is 85.1 Å². The molecule has 0 bridgehead atoms. The summed E-state index contributed by atoms with van der Waals surface area (Å²) in [5.41, 5.74) is 2.77. The van der Waals surface area contributed by atoms with Crippen LogP contribution in [0.3, 0.4) is 0 Å². The average molecular weight is 191 g/mol. The predicted molar refractivity (Wildman–Crippen MR) is 58.7 cm³/mol. The van der Waals surface area contributed by atoms with Gasteiger partial charge < -0.3 is 10.2 Å². The second-order valence-corrected chi connectivity index (χ2v) is 3.70. The standard InChI is InChI=1S/C11H17N3/c1-12-6-8-14-7-2-3-10-4-5-13-9-11(10)14/h4-5,9,12H,2-3,6-8H2,1H3. The fraction of sp³-hybridized carbons (Fsp3) is 0.545. The maximum Gasteiger partial charge on any atom is 0.0585 e. The largest absolute Gasteiger partial charge is 0.369 e. The highest BCUT2D eigenvalue weighted by molar-refractivity contribution is 5.53. The average Bonchev–Trinajstić information content (AvgIpc) is 2.26. The first-order valence-electron chi connectivity index (χ1n) is 5.24. The molecule has 0 aliphatic carbocycles. The fourth-order valence-electron chi connectivity index (χ4n) is 1.97. The molecule has 0 unspecified atom stereocenters. The topological polar surface area (TPSA) is 28.2 Å². The summed E-state index contributed by atoms with van der Waals surface area (Å²) in [6.45, 7) is 3.28. The Morgan fingerprint density at radius 1 is 1.57 bits per heavy atom. The van der Waals surface area contributed by atoms with E-state index in [4.69, 9.17) is 0 Å². The van der Waals surface area contributed by atoms with Gasteiger partial charge in [-0.05, 0) is 31.5 Å². The van der Waals surface area contributed by atoms with E-state index >= 15 is 0 Å². The molecular weight excluding hydrogens is 174 g/mol. The number of aromatic nitrogens is 1. The minimum atomic E-state index is 1.04. The van der Waals surface area contributed by atoms with Gasteiger partial charge in [-0.3, -0.25) is 4.98 Å². The molecule has 14 heavy (non-hydrogen) atoms. The first kappa shape index (κ1) is 9.46. The third-order valence-electron chi connectivity index (χ3n) is 2.73. The SMILES string of the molecule is CNCCN1CCCc2ccncc21. The van der Waals surface area contributed by atoms with Crippen LogP contribution in [0.5, 0.6) is 0 Å². The summed E-state index contributed by atoms with van der Waals surface area (Å²) >= 11 is 0. The van der Waals surface area contributed by atoms with Gasteiger partial charge in [0.1, 0.15) is 0 Å². The Morgan fingerprint density at radius 3 is 3.36 bits per heavy atom. The maximum absolute atomic E-state index is 4.19. The van der Waals surface area contributed by atoms with Gasteiger partial charge in [-0.25, -0.2) is 0 Å². The number of anilines is 1. The second-order valence-electron chi connectivity index (χ2n) is 3.70. The Morgan fingerprint density at radius 2 is 2.50 bits per heavy atom. The van der Waals surface area contributed by atoms with Crippen molar-refractivity contribution >= 4 is 5.69 Å². The van der Waals surface area contributed by atoms with Crippen LogP contribution in [0.25, 0.3) is 0 Å². The Hall–Kier alpha value is -1.09. The zero-order chi connectivity index (χ0) is 9.80. The third kappa shape index (κ3) is 1.87. The highest BCUT2D eigenvalue weighted by atomic mass is 15.2. The van der Waals surface area contributed by atoms with Crippen LogP contribution < -0.4 is 10.2 Å². The van der Waals surface area contributed by atoms with Crippen molar-refractivity contribution in [1.29, 1.82) is 0 Å². The van der Waals surface area contributed by atoms with E-state index < -0.39 is 0 Å². The van der Waals surface area contributed by atoms with E-state index in [1.807, 2.05) is 19.4 Å². The van der Waals surface area contributed by atoms with Crippen LogP contribution in [0.15, 0.2) is 18.5 Å². The van der Waals surface area contributed by atoms with Crippen LogP contribution in [0, 0.1) is 0 Å². The predicted octanol–water partition coefficient (Wildman–Crippen LogP) is 1.05. The lowest BCUT2D eigenvalue weighted by atomic mass is 10.0. The van der Waals surface area contributed by atoms with Crippen LogP contribution in [0.4, 0.5) is 5.69 Å². The zero-order valence-corrected chi connectivity index (χ0v) is 8.66. The normalized spacial score (nSPS) is 15.4. The number of hydrogen-bond acceptors (Lipinski definition) is 3. The number of nitrogens with zero attached hydrogens (tertiary/aromatic N) is 2. The molecule has 2 heterocycles. The molecule has 2 rings (SSSR count). The Balaban J connectivity index is 2.14. The second kappa shape index (κ2) is 4.42. The van der Waals surface area contributed by atoms with Crippen LogP contribution in [0.1, 0.15) is 12.0 Å². The number of nitrogens with one attached hydrogen (secondary N) is 1. The first-order valence-corrected chi connectivity index (χ1v) is 5.24. The number of likely N-dealkylation sites (N-methyl/N-ethyl adjacent to an activating group) is 1. The lowest BCUT2D eigenvalue weighted by Crippen LogP contribution is -2.34. The van der Waals surface area contributed by atoms with Crippen molar-refractivity contribution in [2.75, 3.05) is 31.6 Å². The van der Waals surface area contributed by atoms with E-state index in [9.17, 15) is 0 Å². The lowest BCUT2D eigenvalue weighted by molar-refractivity contribution is 0.662. The minimum absolute atomic E-state index is 1.04. The molecule has 1 aromatic rings. The van der Waals surface area contributed by atoms with Gasteiger partial charge in [-0.2, -0.15) is 0 Å². The summed E-state index contributed by atoms with van der Waals surface area (Å²) in [5, 5.41) is 3.18. The summed E-state index contributed by atoms with van der Waals surface area (Å²) in [6, 6.07) is 2.14. The number of rotatable bonds is 3. The van der Waals surface area contributed by atoms with Crippen molar-refractivity contribution in [1.82, 2.24) is 10.3 Å². The fourth-order valence-corrected chi connectivity index (χ4v) is 1.97. The van der Waals surface area contributed by atoms with Gasteiger partial charge in [0, 0.05) is 25.8 Å². The first-order chi connectivity index (χ1) is 6.92. The van der Waals surface area contributed by atoms with E-state index in [0.29, 0.717) is 0 Å². The maximum atomic E-state index is 4.19.